The number of nitrogens with one attached hydrogen (secondary N) is 1. The molecule has 1 aliphatic rings. The molecule has 0 radical (unpaired) electrons. The second-order valence-corrected chi connectivity index (χ2v) is 3.83. The van der Waals surface area contributed by atoms with Crippen LogP contribution < -0.4 is 5.32 Å². The second-order valence-electron chi connectivity index (χ2n) is 3.83. The molecule has 0 saturated heterocycles. The Bertz CT molecular complexity index is 273. The summed E-state index contributed by atoms with van der Waals surface area (Å²) in [7, 11) is 2.04. The van der Waals surface area contributed by atoms with Gasteiger partial charge >= 0.3 is 0 Å². The first kappa shape index (κ1) is 10.6. The molecular weight excluding hydrogens is 182 g/mol. The topological polar surface area (TPSA) is 12.0 Å². The molecule has 1 N–H and O–H groups in total. The average Bonchev–Trinajstić information content (AvgIpc) is 2.81. The Balaban J connectivity index is 0.000000845. The SMILES string of the molecule is CNC1(C)CC1c1ccccc1.Cl. The average molecular weight is 198 g/mol. The maximum Gasteiger partial charge on any atom is 0.0226 e. The van der Waals surface area contributed by atoms with Crippen LogP contribution >= 0.6 is 12.4 Å². The highest BCUT2D eigenvalue weighted by atomic mass is 35.5. The molecule has 1 fully saturated rings. The van der Waals surface area contributed by atoms with Crippen molar-refractivity contribution in [1.29, 1.82) is 0 Å². The number of hydrogen-bond donors (Lipinski definition) is 1. The van der Waals surface area contributed by atoms with E-state index in [0.717, 1.165) is 5.92 Å². The summed E-state index contributed by atoms with van der Waals surface area (Å²) in [5.74, 6) is 0.726. The molecule has 0 bridgehead atoms. The first-order valence-electron chi connectivity index (χ1n) is 4.50. The zero-order valence-corrected chi connectivity index (χ0v) is 8.90. The van der Waals surface area contributed by atoms with Crippen molar-refractivity contribution in [3.05, 3.63) is 35.9 Å². The van der Waals surface area contributed by atoms with Crippen molar-refractivity contribution in [3.8, 4) is 0 Å². The largest absolute Gasteiger partial charge is 0.314 e. The molecule has 13 heavy (non-hydrogen) atoms. The summed E-state index contributed by atoms with van der Waals surface area (Å²) in [6.45, 7) is 2.28. The first-order valence-corrected chi connectivity index (χ1v) is 4.50. The number of benzene rings is 1. The van der Waals surface area contributed by atoms with Gasteiger partial charge in [-0.15, -0.1) is 12.4 Å². The van der Waals surface area contributed by atoms with Crippen molar-refractivity contribution in [1.82, 2.24) is 5.32 Å². The summed E-state index contributed by atoms with van der Waals surface area (Å²) >= 11 is 0. The highest BCUT2D eigenvalue weighted by Gasteiger charge is 2.49. The third-order valence-corrected chi connectivity index (χ3v) is 3.01. The van der Waals surface area contributed by atoms with Crippen LogP contribution in [0.15, 0.2) is 30.3 Å². The summed E-state index contributed by atoms with van der Waals surface area (Å²) in [5.41, 5.74) is 1.83. The molecule has 2 atom stereocenters. The lowest BCUT2D eigenvalue weighted by Gasteiger charge is -2.08. The minimum atomic E-state index is 0. The Morgan fingerprint density at radius 1 is 1.31 bits per heavy atom. The van der Waals surface area contributed by atoms with Gasteiger partial charge < -0.3 is 5.32 Å². The standard InChI is InChI=1S/C11H15N.ClH/c1-11(12-2)8-10(11)9-6-4-3-5-7-9;/h3-7,10,12H,8H2,1-2H3;1H. The van der Waals surface area contributed by atoms with Gasteiger partial charge in [-0.2, -0.15) is 0 Å². The van der Waals surface area contributed by atoms with Crippen LogP contribution in [-0.4, -0.2) is 12.6 Å². The van der Waals surface area contributed by atoms with Gasteiger partial charge in [0.25, 0.3) is 0 Å². The van der Waals surface area contributed by atoms with Crippen molar-refractivity contribution < 1.29 is 0 Å². The van der Waals surface area contributed by atoms with Crippen molar-refractivity contribution in [2.24, 2.45) is 0 Å². The fourth-order valence-electron chi connectivity index (χ4n) is 1.81. The monoisotopic (exact) mass is 197 g/mol. The van der Waals surface area contributed by atoms with Crippen LogP contribution in [0.5, 0.6) is 0 Å². The number of rotatable bonds is 2. The van der Waals surface area contributed by atoms with Gasteiger partial charge in [0, 0.05) is 11.5 Å². The fourth-order valence-corrected chi connectivity index (χ4v) is 1.81. The second kappa shape index (κ2) is 3.69. The Hall–Kier alpha value is -0.530. The quantitative estimate of drug-likeness (QED) is 0.769. The summed E-state index contributed by atoms with van der Waals surface area (Å²) in [6.07, 6.45) is 1.27. The van der Waals surface area contributed by atoms with Gasteiger partial charge in [0.1, 0.15) is 0 Å². The smallest absolute Gasteiger partial charge is 0.0226 e. The normalized spacial score (nSPS) is 30.8. The lowest BCUT2D eigenvalue weighted by molar-refractivity contribution is 0.586. The molecule has 0 heterocycles. The van der Waals surface area contributed by atoms with Gasteiger partial charge in [-0.05, 0) is 26.0 Å². The van der Waals surface area contributed by atoms with E-state index in [1.54, 1.807) is 0 Å². The molecule has 1 saturated carbocycles. The van der Waals surface area contributed by atoms with Crippen LogP contribution in [0, 0.1) is 0 Å². The molecule has 0 aromatic heterocycles. The van der Waals surface area contributed by atoms with E-state index in [1.807, 2.05) is 7.05 Å². The van der Waals surface area contributed by atoms with Gasteiger partial charge in [0.2, 0.25) is 0 Å². The van der Waals surface area contributed by atoms with Gasteiger partial charge in [-0.3, -0.25) is 0 Å². The lowest BCUT2D eigenvalue weighted by atomic mass is 10.1. The lowest BCUT2D eigenvalue weighted by Crippen LogP contribution is -2.24. The zero-order chi connectivity index (χ0) is 8.60. The van der Waals surface area contributed by atoms with Gasteiger partial charge in [0.05, 0.1) is 0 Å². The molecule has 1 aromatic rings. The predicted molar refractivity (Wildman–Crippen MR) is 58.5 cm³/mol. The first-order chi connectivity index (χ1) is 5.76. The molecule has 1 aromatic carbocycles. The van der Waals surface area contributed by atoms with Crippen LogP contribution in [0.1, 0.15) is 24.8 Å². The maximum atomic E-state index is 3.36. The van der Waals surface area contributed by atoms with Gasteiger partial charge in [0.15, 0.2) is 0 Å². The third kappa shape index (κ3) is 1.87. The molecule has 0 amide bonds. The summed E-state index contributed by atoms with van der Waals surface area (Å²) < 4.78 is 0. The molecule has 72 valence electrons. The fraction of sp³-hybridized carbons (Fsp3) is 0.455. The molecular formula is C11H16ClN. The predicted octanol–water partition coefficient (Wildman–Crippen LogP) is 2.57. The molecule has 2 unspecified atom stereocenters. The van der Waals surface area contributed by atoms with Crippen LogP contribution in [0.4, 0.5) is 0 Å². The highest BCUT2D eigenvalue weighted by Crippen LogP contribution is 2.50. The molecule has 0 spiro atoms. The minimum Gasteiger partial charge on any atom is -0.314 e. The summed E-state index contributed by atoms with van der Waals surface area (Å²) in [5, 5.41) is 3.36. The molecule has 1 nitrogen and oxygen atoms in total. The van der Waals surface area contributed by atoms with E-state index in [-0.39, 0.29) is 12.4 Å². The van der Waals surface area contributed by atoms with Crippen LogP contribution in [0.3, 0.4) is 0 Å². The van der Waals surface area contributed by atoms with E-state index in [0.29, 0.717) is 5.54 Å². The van der Waals surface area contributed by atoms with Crippen molar-refractivity contribution in [2.45, 2.75) is 24.8 Å². The van der Waals surface area contributed by atoms with E-state index in [1.165, 1.54) is 12.0 Å². The minimum absolute atomic E-state index is 0. The van der Waals surface area contributed by atoms with Gasteiger partial charge in [-0.25, -0.2) is 0 Å². The van der Waals surface area contributed by atoms with E-state index in [4.69, 9.17) is 0 Å². The summed E-state index contributed by atoms with van der Waals surface area (Å²) in [6, 6.07) is 10.7. The van der Waals surface area contributed by atoms with E-state index >= 15 is 0 Å². The van der Waals surface area contributed by atoms with Crippen molar-refractivity contribution in [2.75, 3.05) is 7.05 Å². The summed E-state index contributed by atoms with van der Waals surface area (Å²) in [4.78, 5) is 0. The van der Waals surface area contributed by atoms with E-state index in [9.17, 15) is 0 Å². The molecule has 2 heteroatoms. The van der Waals surface area contributed by atoms with E-state index < -0.39 is 0 Å². The van der Waals surface area contributed by atoms with Crippen molar-refractivity contribution >= 4 is 12.4 Å². The van der Waals surface area contributed by atoms with Gasteiger partial charge in [-0.1, -0.05) is 30.3 Å². The van der Waals surface area contributed by atoms with Crippen LogP contribution in [-0.2, 0) is 0 Å². The number of hydrogen-bond acceptors (Lipinski definition) is 1. The van der Waals surface area contributed by atoms with E-state index in [2.05, 4.69) is 42.6 Å². The van der Waals surface area contributed by atoms with Crippen LogP contribution in [0.25, 0.3) is 0 Å². The molecule has 0 aliphatic heterocycles. The number of halogens is 1. The Kier molecular flexibility index (Phi) is 2.99. The zero-order valence-electron chi connectivity index (χ0n) is 8.08. The molecule has 1 aliphatic carbocycles. The number of likely N-dealkylation sites (N-methyl/N-ethyl adjacent to an activating group) is 1. The maximum absolute atomic E-state index is 3.36. The third-order valence-electron chi connectivity index (χ3n) is 3.01. The highest BCUT2D eigenvalue weighted by molar-refractivity contribution is 5.85. The Morgan fingerprint density at radius 3 is 2.38 bits per heavy atom. The molecule has 2 rings (SSSR count). The Labute approximate surface area is 86.0 Å². The van der Waals surface area contributed by atoms with Crippen molar-refractivity contribution in [3.63, 3.8) is 0 Å². The van der Waals surface area contributed by atoms with Crippen LogP contribution in [0.2, 0.25) is 0 Å². The Morgan fingerprint density at radius 2 is 1.92 bits per heavy atom.